The average Bonchev–Trinajstić information content (AvgIpc) is 2.32. The number of hydrogen-bond donors (Lipinski definition) is 3. The highest BCUT2D eigenvalue weighted by atomic mass is 16.3. The minimum absolute atomic E-state index is 0.0740. The van der Waals surface area contributed by atoms with Crippen LogP contribution in [0.15, 0.2) is 12.7 Å². The molecule has 1 aliphatic carbocycles. The minimum Gasteiger partial charge on any atom is -0.388 e. The standard InChI is InChI=1S/C14H26N2O2/c1-4-9-15-10-12(17)16-11-14(18)7-5-13(2,3)6-8-14/h4,15,18H,1,5-11H2,2-3H3,(H,16,17). The molecule has 0 unspecified atom stereocenters. The molecule has 3 N–H and O–H groups in total. The van der Waals surface area contributed by atoms with Crippen molar-refractivity contribution in [1.29, 1.82) is 0 Å². The van der Waals surface area contributed by atoms with Gasteiger partial charge >= 0.3 is 0 Å². The van der Waals surface area contributed by atoms with Crippen LogP contribution in [0.1, 0.15) is 39.5 Å². The molecule has 1 rings (SSSR count). The summed E-state index contributed by atoms with van der Waals surface area (Å²) in [6.07, 6.45) is 5.26. The van der Waals surface area contributed by atoms with Crippen LogP contribution < -0.4 is 10.6 Å². The van der Waals surface area contributed by atoms with E-state index in [4.69, 9.17) is 0 Å². The Labute approximate surface area is 110 Å². The van der Waals surface area contributed by atoms with Crippen LogP contribution in [-0.2, 0) is 4.79 Å². The molecule has 4 nitrogen and oxygen atoms in total. The molecule has 0 bridgehead atoms. The third-order valence-electron chi connectivity index (χ3n) is 3.72. The first-order chi connectivity index (χ1) is 8.37. The number of carbonyl (C=O) groups is 1. The number of aliphatic hydroxyl groups is 1. The summed E-state index contributed by atoms with van der Waals surface area (Å²) in [5.41, 5.74) is -0.397. The maximum absolute atomic E-state index is 11.5. The van der Waals surface area contributed by atoms with E-state index in [1.165, 1.54) is 0 Å². The number of hydrogen-bond acceptors (Lipinski definition) is 3. The second kappa shape index (κ2) is 6.34. The highest BCUT2D eigenvalue weighted by Crippen LogP contribution is 2.39. The molecule has 4 heteroatoms. The average molecular weight is 254 g/mol. The van der Waals surface area contributed by atoms with E-state index in [-0.39, 0.29) is 12.5 Å². The lowest BCUT2D eigenvalue weighted by molar-refractivity contribution is -0.122. The first kappa shape index (κ1) is 15.2. The first-order valence-corrected chi connectivity index (χ1v) is 6.68. The van der Waals surface area contributed by atoms with Crippen molar-refractivity contribution in [3.63, 3.8) is 0 Å². The van der Waals surface area contributed by atoms with Gasteiger partial charge in [-0.1, -0.05) is 19.9 Å². The fourth-order valence-electron chi connectivity index (χ4n) is 2.18. The second-order valence-corrected chi connectivity index (χ2v) is 6.08. The summed E-state index contributed by atoms with van der Waals surface area (Å²) in [7, 11) is 0. The molecule has 0 saturated heterocycles. The van der Waals surface area contributed by atoms with E-state index in [1.807, 2.05) is 0 Å². The van der Waals surface area contributed by atoms with Crippen molar-refractivity contribution in [1.82, 2.24) is 10.6 Å². The largest absolute Gasteiger partial charge is 0.388 e. The molecule has 0 atom stereocenters. The summed E-state index contributed by atoms with van der Waals surface area (Å²) in [6, 6.07) is 0. The number of amides is 1. The fourth-order valence-corrected chi connectivity index (χ4v) is 2.18. The molecule has 0 aromatic rings. The molecule has 104 valence electrons. The van der Waals surface area contributed by atoms with E-state index in [0.29, 0.717) is 18.5 Å². The van der Waals surface area contributed by atoms with Gasteiger partial charge in [0.05, 0.1) is 12.1 Å². The lowest BCUT2D eigenvalue weighted by atomic mass is 9.71. The van der Waals surface area contributed by atoms with Gasteiger partial charge < -0.3 is 15.7 Å². The third kappa shape index (κ3) is 5.19. The highest BCUT2D eigenvalue weighted by Gasteiger charge is 2.36. The molecule has 0 heterocycles. The zero-order valence-electron chi connectivity index (χ0n) is 11.6. The van der Waals surface area contributed by atoms with Crippen LogP contribution in [-0.4, -0.2) is 36.2 Å². The van der Waals surface area contributed by atoms with E-state index in [9.17, 15) is 9.90 Å². The monoisotopic (exact) mass is 254 g/mol. The van der Waals surface area contributed by atoms with Crippen molar-refractivity contribution in [2.45, 2.75) is 45.1 Å². The predicted molar refractivity (Wildman–Crippen MR) is 73.3 cm³/mol. The lowest BCUT2D eigenvalue weighted by Crippen LogP contribution is -2.48. The van der Waals surface area contributed by atoms with Crippen molar-refractivity contribution < 1.29 is 9.90 Å². The van der Waals surface area contributed by atoms with Gasteiger partial charge in [-0.25, -0.2) is 0 Å². The van der Waals surface area contributed by atoms with Crippen molar-refractivity contribution in [3.05, 3.63) is 12.7 Å². The lowest BCUT2D eigenvalue weighted by Gasteiger charge is -2.40. The molecule has 0 aliphatic heterocycles. The Morgan fingerprint density at radius 1 is 1.33 bits per heavy atom. The summed E-state index contributed by atoms with van der Waals surface area (Å²) in [6.45, 7) is 9.27. The van der Waals surface area contributed by atoms with Crippen LogP contribution >= 0.6 is 0 Å². The molecular formula is C14H26N2O2. The van der Waals surface area contributed by atoms with E-state index < -0.39 is 5.60 Å². The Morgan fingerprint density at radius 3 is 2.50 bits per heavy atom. The zero-order valence-corrected chi connectivity index (χ0v) is 11.6. The van der Waals surface area contributed by atoms with Crippen molar-refractivity contribution in [2.75, 3.05) is 19.6 Å². The normalized spacial score (nSPS) is 21.3. The van der Waals surface area contributed by atoms with Gasteiger partial charge in [0.15, 0.2) is 0 Å². The third-order valence-corrected chi connectivity index (χ3v) is 3.72. The summed E-state index contributed by atoms with van der Waals surface area (Å²) in [4.78, 5) is 11.5. The zero-order chi connectivity index (χ0) is 13.6. The molecule has 0 aromatic heterocycles. The molecule has 0 spiro atoms. The molecule has 1 amide bonds. The first-order valence-electron chi connectivity index (χ1n) is 6.68. The predicted octanol–water partition coefficient (Wildman–Crippen LogP) is 1.21. The number of carbonyl (C=O) groups excluding carboxylic acids is 1. The van der Waals surface area contributed by atoms with Gasteiger partial charge in [-0.15, -0.1) is 6.58 Å². The SMILES string of the molecule is C=CCNCC(=O)NCC1(O)CCC(C)(C)CC1. The quantitative estimate of drug-likeness (QED) is 0.493. The van der Waals surface area contributed by atoms with Gasteiger partial charge in [-0.2, -0.15) is 0 Å². The molecule has 1 saturated carbocycles. The van der Waals surface area contributed by atoms with Crippen LogP contribution in [0, 0.1) is 5.41 Å². The van der Waals surface area contributed by atoms with Crippen molar-refractivity contribution in [3.8, 4) is 0 Å². The van der Waals surface area contributed by atoms with Gasteiger partial charge in [0.1, 0.15) is 0 Å². The van der Waals surface area contributed by atoms with Crippen molar-refractivity contribution >= 4 is 5.91 Å². The maximum atomic E-state index is 11.5. The fraction of sp³-hybridized carbons (Fsp3) is 0.786. The van der Waals surface area contributed by atoms with Crippen LogP contribution in [0.5, 0.6) is 0 Å². The second-order valence-electron chi connectivity index (χ2n) is 6.08. The summed E-state index contributed by atoms with van der Waals surface area (Å²) in [5, 5.41) is 16.1. The number of nitrogens with one attached hydrogen (secondary N) is 2. The van der Waals surface area contributed by atoms with Gasteiger partial charge in [0, 0.05) is 13.1 Å². The molecule has 0 aromatic carbocycles. The van der Waals surface area contributed by atoms with Gasteiger partial charge in [-0.05, 0) is 31.1 Å². The smallest absolute Gasteiger partial charge is 0.234 e. The number of rotatable bonds is 6. The summed E-state index contributed by atoms with van der Waals surface area (Å²) >= 11 is 0. The van der Waals surface area contributed by atoms with Crippen LogP contribution in [0.2, 0.25) is 0 Å². The topological polar surface area (TPSA) is 61.4 Å². The van der Waals surface area contributed by atoms with E-state index in [0.717, 1.165) is 25.7 Å². The molecule has 0 radical (unpaired) electrons. The van der Waals surface area contributed by atoms with Crippen LogP contribution in [0.25, 0.3) is 0 Å². The van der Waals surface area contributed by atoms with Crippen LogP contribution in [0.4, 0.5) is 0 Å². The molecular weight excluding hydrogens is 228 g/mol. The Balaban J connectivity index is 2.26. The van der Waals surface area contributed by atoms with Gasteiger partial charge in [-0.3, -0.25) is 4.79 Å². The molecule has 1 fully saturated rings. The van der Waals surface area contributed by atoms with Crippen LogP contribution in [0.3, 0.4) is 0 Å². The van der Waals surface area contributed by atoms with Gasteiger partial charge in [0.25, 0.3) is 0 Å². The Bertz CT molecular complexity index is 290. The van der Waals surface area contributed by atoms with E-state index in [1.54, 1.807) is 6.08 Å². The maximum Gasteiger partial charge on any atom is 0.234 e. The molecule has 1 aliphatic rings. The highest BCUT2D eigenvalue weighted by molar-refractivity contribution is 5.78. The summed E-state index contributed by atoms with van der Waals surface area (Å²) < 4.78 is 0. The minimum atomic E-state index is -0.719. The van der Waals surface area contributed by atoms with E-state index in [2.05, 4.69) is 31.1 Å². The van der Waals surface area contributed by atoms with E-state index >= 15 is 0 Å². The Morgan fingerprint density at radius 2 is 1.94 bits per heavy atom. The Hall–Kier alpha value is -0.870. The summed E-state index contributed by atoms with van der Waals surface area (Å²) in [5.74, 6) is -0.0740. The van der Waals surface area contributed by atoms with Gasteiger partial charge in [0.2, 0.25) is 5.91 Å². The Kier molecular flexibility index (Phi) is 5.35. The molecule has 18 heavy (non-hydrogen) atoms. The van der Waals surface area contributed by atoms with Crippen molar-refractivity contribution in [2.24, 2.45) is 5.41 Å².